The van der Waals surface area contributed by atoms with Gasteiger partial charge in [-0.25, -0.2) is 0 Å². The van der Waals surface area contributed by atoms with Crippen LogP contribution in [-0.2, 0) is 32.0 Å². The molecule has 0 radical (unpaired) electrons. The highest BCUT2D eigenvalue weighted by Gasteiger charge is 2.61. The second-order valence-electron chi connectivity index (χ2n) is 13.3. The van der Waals surface area contributed by atoms with Crippen LogP contribution in [0.25, 0.3) is 6.08 Å². The molecular formula is C40H40N2O7. The van der Waals surface area contributed by atoms with Crippen molar-refractivity contribution in [1.29, 1.82) is 0 Å². The number of hydrogen-bond donors (Lipinski definition) is 1. The van der Waals surface area contributed by atoms with Gasteiger partial charge in [0.1, 0.15) is 0 Å². The lowest BCUT2D eigenvalue weighted by Gasteiger charge is -2.42. The van der Waals surface area contributed by atoms with Gasteiger partial charge in [0, 0.05) is 5.92 Å². The van der Waals surface area contributed by atoms with Crippen LogP contribution in [0.15, 0.2) is 78.4 Å². The quantitative estimate of drug-likeness (QED) is 0.229. The second-order valence-corrected chi connectivity index (χ2v) is 13.3. The van der Waals surface area contributed by atoms with Crippen molar-refractivity contribution in [2.75, 3.05) is 24.0 Å². The number of methoxy groups -OCH3 is 2. The monoisotopic (exact) mass is 660 g/mol. The molecule has 0 spiro atoms. The van der Waals surface area contributed by atoms with Crippen molar-refractivity contribution < 1.29 is 33.8 Å². The Balaban J connectivity index is 1.29. The van der Waals surface area contributed by atoms with Crippen LogP contribution in [0.2, 0.25) is 0 Å². The number of hydrogen-bond acceptors (Lipinski definition) is 7. The SMILES string of the molecule is CCc1ccc(N2C(=O)C3CC4C(=CCC5C(=O)N(c6ccc(CC)cc6)C(=O)C54)C(C=Cc4cc(OC)c(O)c(OC)c4)C3C2=O)cc1. The lowest BCUT2D eigenvalue weighted by molar-refractivity contribution is -0.126. The van der Waals surface area contributed by atoms with Crippen molar-refractivity contribution in [3.05, 3.63) is 95.1 Å². The fourth-order valence-electron chi connectivity index (χ4n) is 8.34. The molecule has 2 heterocycles. The average Bonchev–Trinajstić information content (AvgIpc) is 3.54. The molecule has 9 nitrogen and oxygen atoms in total. The summed E-state index contributed by atoms with van der Waals surface area (Å²) in [6, 6.07) is 18.3. The predicted molar refractivity (Wildman–Crippen MR) is 185 cm³/mol. The van der Waals surface area contributed by atoms with Gasteiger partial charge < -0.3 is 14.6 Å². The Bertz CT molecular complexity index is 1870. The molecule has 0 bridgehead atoms. The van der Waals surface area contributed by atoms with Crippen molar-refractivity contribution in [3.63, 3.8) is 0 Å². The number of amides is 4. The van der Waals surface area contributed by atoms with E-state index in [9.17, 15) is 24.3 Å². The molecule has 6 atom stereocenters. The Kier molecular flexibility index (Phi) is 8.38. The Morgan fingerprint density at radius 3 is 1.73 bits per heavy atom. The summed E-state index contributed by atoms with van der Waals surface area (Å²) in [6.45, 7) is 4.10. The first-order valence-corrected chi connectivity index (χ1v) is 17.0. The molecule has 252 valence electrons. The van der Waals surface area contributed by atoms with E-state index in [4.69, 9.17) is 9.47 Å². The molecule has 4 aliphatic rings. The summed E-state index contributed by atoms with van der Waals surface area (Å²) in [5.41, 5.74) is 4.86. The standard InChI is InChI=1S/C40H40N2O7/c1-5-22-7-12-25(13-8-22)41-37(44)29-18-17-27-28(16-11-24-19-32(48-3)36(43)33(20-24)49-4)34-31(21-30(27)35(29)40(41)47)38(45)42(39(34)46)26-14-9-23(6-2)10-15-26/h7-17,19-20,28-31,34-35,43H,5-6,18,21H2,1-4H3. The van der Waals surface area contributed by atoms with E-state index in [1.165, 1.54) is 24.0 Å². The Morgan fingerprint density at radius 2 is 1.22 bits per heavy atom. The van der Waals surface area contributed by atoms with E-state index in [-0.39, 0.29) is 40.9 Å². The summed E-state index contributed by atoms with van der Waals surface area (Å²) in [5, 5.41) is 10.5. The van der Waals surface area contributed by atoms with E-state index < -0.39 is 35.5 Å². The van der Waals surface area contributed by atoms with Gasteiger partial charge in [0.05, 0.1) is 49.3 Å². The molecular weight excluding hydrogens is 620 g/mol. The van der Waals surface area contributed by atoms with Crippen LogP contribution in [0.1, 0.15) is 43.4 Å². The van der Waals surface area contributed by atoms with Gasteiger partial charge in [-0.05, 0) is 84.7 Å². The van der Waals surface area contributed by atoms with Crippen molar-refractivity contribution in [2.45, 2.75) is 39.5 Å². The number of phenols is 1. The summed E-state index contributed by atoms with van der Waals surface area (Å²) in [4.78, 5) is 59.3. The minimum atomic E-state index is -0.681. The molecule has 2 aliphatic heterocycles. The van der Waals surface area contributed by atoms with Gasteiger partial charge in [0.25, 0.3) is 0 Å². The first-order valence-electron chi connectivity index (χ1n) is 17.0. The summed E-state index contributed by atoms with van der Waals surface area (Å²) in [6.07, 6.45) is 8.13. The van der Waals surface area contributed by atoms with Crippen molar-refractivity contribution in [2.24, 2.45) is 35.5 Å². The van der Waals surface area contributed by atoms with Gasteiger partial charge in [-0.2, -0.15) is 0 Å². The van der Waals surface area contributed by atoms with E-state index >= 15 is 0 Å². The number of aryl methyl sites for hydroxylation is 2. The summed E-state index contributed by atoms with van der Waals surface area (Å²) in [7, 11) is 2.90. The Morgan fingerprint density at radius 1 is 0.714 bits per heavy atom. The van der Waals surface area contributed by atoms with Crippen LogP contribution >= 0.6 is 0 Å². The number of nitrogens with zero attached hydrogens (tertiary/aromatic N) is 2. The molecule has 6 unspecified atom stereocenters. The molecule has 4 amide bonds. The molecule has 49 heavy (non-hydrogen) atoms. The smallest absolute Gasteiger partial charge is 0.238 e. The first kappa shape index (κ1) is 32.4. The van der Waals surface area contributed by atoms with Crippen molar-refractivity contribution in [1.82, 2.24) is 0 Å². The number of phenolic OH excluding ortho intramolecular Hbond substituents is 1. The maximum atomic E-state index is 14.3. The van der Waals surface area contributed by atoms with Crippen molar-refractivity contribution in [3.8, 4) is 17.2 Å². The molecule has 9 heteroatoms. The number of ether oxygens (including phenoxy) is 2. The Labute approximate surface area is 285 Å². The highest BCUT2D eigenvalue weighted by Crippen LogP contribution is 2.56. The lowest BCUT2D eigenvalue weighted by atomic mass is 9.58. The molecule has 0 aromatic heterocycles. The molecule has 3 aromatic carbocycles. The topological polar surface area (TPSA) is 113 Å². The van der Waals surface area contributed by atoms with Gasteiger partial charge in [0.2, 0.25) is 29.4 Å². The normalized spacial score (nSPS) is 26.2. The minimum absolute atomic E-state index is 0.124. The van der Waals surface area contributed by atoms with Gasteiger partial charge in [-0.1, -0.05) is 61.9 Å². The number of carbonyl (C=O) groups excluding carboxylic acids is 4. The third-order valence-electron chi connectivity index (χ3n) is 10.9. The van der Waals surface area contributed by atoms with Gasteiger partial charge >= 0.3 is 0 Å². The molecule has 3 fully saturated rings. The maximum absolute atomic E-state index is 14.3. The fraction of sp³-hybridized carbons (Fsp3) is 0.350. The van der Waals surface area contributed by atoms with Gasteiger partial charge in [-0.3, -0.25) is 29.0 Å². The average molecular weight is 661 g/mol. The van der Waals surface area contributed by atoms with Gasteiger partial charge in [0.15, 0.2) is 11.5 Å². The molecule has 3 aromatic rings. The summed E-state index contributed by atoms with van der Waals surface area (Å²) < 4.78 is 10.7. The third-order valence-corrected chi connectivity index (χ3v) is 10.9. The number of imide groups is 2. The number of anilines is 2. The zero-order chi connectivity index (χ0) is 34.6. The van der Waals surface area contributed by atoms with E-state index in [1.807, 2.05) is 73.7 Å². The van der Waals surface area contributed by atoms with Crippen LogP contribution in [0.5, 0.6) is 17.2 Å². The largest absolute Gasteiger partial charge is 0.502 e. The van der Waals surface area contributed by atoms with Crippen LogP contribution in [-0.4, -0.2) is 43.0 Å². The van der Waals surface area contributed by atoms with Crippen LogP contribution < -0.4 is 19.3 Å². The zero-order valence-corrected chi connectivity index (χ0v) is 28.1. The van der Waals surface area contributed by atoms with Crippen LogP contribution in [0.3, 0.4) is 0 Å². The highest BCUT2D eigenvalue weighted by molar-refractivity contribution is 6.24. The second kappa shape index (κ2) is 12.7. The van der Waals surface area contributed by atoms with E-state index in [1.54, 1.807) is 12.1 Å². The maximum Gasteiger partial charge on any atom is 0.238 e. The predicted octanol–water partition coefficient (Wildman–Crippen LogP) is 6.13. The molecule has 2 aliphatic carbocycles. The summed E-state index contributed by atoms with van der Waals surface area (Å²) >= 11 is 0. The minimum Gasteiger partial charge on any atom is -0.502 e. The fourth-order valence-corrected chi connectivity index (χ4v) is 8.34. The summed E-state index contributed by atoms with van der Waals surface area (Å²) in [5.74, 6) is -4.12. The zero-order valence-electron chi connectivity index (χ0n) is 28.1. The molecule has 1 N–H and O–H groups in total. The Hall–Kier alpha value is -5.18. The van der Waals surface area contributed by atoms with E-state index in [2.05, 4.69) is 6.92 Å². The van der Waals surface area contributed by atoms with Crippen LogP contribution in [0, 0.1) is 35.5 Å². The van der Waals surface area contributed by atoms with Gasteiger partial charge in [-0.15, -0.1) is 0 Å². The number of fused-ring (bicyclic) bond motifs is 4. The number of benzene rings is 3. The molecule has 7 rings (SSSR count). The number of allylic oxidation sites excluding steroid dienone is 3. The number of carbonyl (C=O) groups is 4. The highest BCUT2D eigenvalue weighted by atomic mass is 16.5. The van der Waals surface area contributed by atoms with E-state index in [0.717, 1.165) is 29.5 Å². The number of aromatic hydroxyl groups is 1. The lowest BCUT2D eigenvalue weighted by Crippen LogP contribution is -2.43. The van der Waals surface area contributed by atoms with Crippen molar-refractivity contribution >= 4 is 41.1 Å². The number of rotatable bonds is 8. The molecule has 1 saturated carbocycles. The first-order chi connectivity index (χ1) is 23.7. The third kappa shape index (κ3) is 5.23. The van der Waals surface area contributed by atoms with E-state index in [0.29, 0.717) is 29.8 Å². The molecule has 2 saturated heterocycles. The van der Waals surface area contributed by atoms with Crippen LogP contribution in [0.4, 0.5) is 11.4 Å².